The molecule has 16 heteroatoms. The summed E-state index contributed by atoms with van der Waals surface area (Å²) in [6.07, 6.45) is -0.247. The highest BCUT2D eigenvalue weighted by molar-refractivity contribution is 5.98. The molecule has 0 amide bonds. The van der Waals surface area contributed by atoms with Crippen molar-refractivity contribution in [1.29, 1.82) is 0 Å². The maximum absolute atomic E-state index is 16.7. The lowest BCUT2D eigenvalue weighted by Crippen LogP contribution is -2.26. The highest BCUT2D eigenvalue weighted by atomic mass is 19.2. The Hall–Kier alpha value is -7.50. The Bertz CT molecular complexity index is 3210. The van der Waals surface area contributed by atoms with E-state index in [-0.39, 0.29) is 50.6 Å². The molecule has 2 aliphatic heterocycles. The van der Waals surface area contributed by atoms with E-state index in [2.05, 4.69) is 15.0 Å². The van der Waals surface area contributed by atoms with E-state index in [0.717, 1.165) is 6.92 Å². The fraction of sp³-hybridized carbons (Fsp3) is 0.125. The largest absolute Gasteiger partial charge is 0.508 e. The SMILES string of the molecule is C[C@@]1(O)c2nc(c(-c3cccc(O)c3)c3ccc([nH]3)c(-c3cccc(O)c3)c3nc(c(-c4cccc(O)c4)c4ccc([nH]4)c2-c2c(F)c(F)c(OCC(O)CO)c(F)c2F)C=C3)[C@H]1O. The summed E-state index contributed by atoms with van der Waals surface area (Å²) in [6.45, 7) is -0.719. The number of ether oxygens (including phenoxy) is 1. The molecule has 64 heavy (non-hydrogen) atoms. The first-order valence-electron chi connectivity index (χ1n) is 19.7. The number of halogens is 4. The van der Waals surface area contributed by atoms with Crippen molar-refractivity contribution in [3.8, 4) is 67.5 Å². The molecule has 12 nitrogen and oxygen atoms in total. The summed E-state index contributed by atoms with van der Waals surface area (Å²) in [5, 5.41) is 75.4. The minimum Gasteiger partial charge on any atom is -0.508 e. The number of aliphatic hydroxyl groups excluding tert-OH is 3. The number of aliphatic hydroxyl groups is 4. The number of nitrogens with zero attached hydrogens (tertiary/aromatic N) is 2. The van der Waals surface area contributed by atoms with Gasteiger partial charge in [-0.05, 0) is 96.4 Å². The number of aromatic hydroxyl groups is 3. The highest BCUT2D eigenvalue weighted by Crippen LogP contribution is 2.49. The van der Waals surface area contributed by atoms with E-state index in [4.69, 9.17) is 9.72 Å². The second-order valence-electron chi connectivity index (χ2n) is 15.4. The number of hydrogen-bond donors (Lipinski definition) is 9. The molecular weight excluding hydrogens is 837 g/mol. The van der Waals surface area contributed by atoms with Crippen LogP contribution in [0.3, 0.4) is 0 Å². The number of aromatic nitrogens is 4. The van der Waals surface area contributed by atoms with Crippen LogP contribution in [0.25, 0.3) is 78.7 Å². The second kappa shape index (κ2) is 16.0. The van der Waals surface area contributed by atoms with E-state index in [9.17, 15) is 35.7 Å². The van der Waals surface area contributed by atoms with Crippen molar-refractivity contribution in [3.63, 3.8) is 0 Å². The number of phenols is 3. The predicted octanol–water partition coefficient (Wildman–Crippen LogP) is 8.50. The van der Waals surface area contributed by atoms with E-state index in [1.165, 1.54) is 48.5 Å². The number of aromatic amines is 2. The summed E-state index contributed by atoms with van der Waals surface area (Å²) >= 11 is 0. The van der Waals surface area contributed by atoms with Crippen molar-refractivity contribution >= 4 is 34.2 Å². The molecule has 324 valence electrons. The van der Waals surface area contributed by atoms with Gasteiger partial charge in [0.15, 0.2) is 17.4 Å². The maximum atomic E-state index is 16.7. The molecule has 2 aliphatic rings. The molecule has 0 aliphatic carbocycles. The van der Waals surface area contributed by atoms with Crippen LogP contribution in [0.5, 0.6) is 23.0 Å². The van der Waals surface area contributed by atoms with Crippen LogP contribution < -0.4 is 4.74 Å². The van der Waals surface area contributed by atoms with Crippen molar-refractivity contribution in [2.45, 2.75) is 24.7 Å². The Balaban J connectivity index is 1.51. The van der Waals surface area contributed by atoms with Crippen LogP contribution in [0.1, 0.15) is 35.8 Å². The summed E-state index contributed by atoms with van der Waals surface area (Å²) < 4.78 is 70.3. The lowest BCUT2D eigenvalue weighted by molar-refractivity contribution is -0.0606. The van der Waals surface area contributed by atoms with E-state index >= 15 is 17.6 Å². The molecule has 8 bridgehead atoms. The van der Waals surface area contributed by atoms with Gasteiger partial charge in [0.25, 0.3) is 0 Å². The summed E-state index contributed by atoms with van der Waals surface area (Å²) in [5.74, 6) is -9.89. The van der Waals surface area contributed by atoms with Crippen LogP contribution in [-0.2, 0) is 5.60 Å². The molecule has 0 saturated carbocycles. The highest BCUT2D eigenvalue weighted by Gasteiger charge is 2.46. The Labute approximate surface area is 360 Å². The van der Waals surface area contributed by atoms with Gasteiger partial charge < -0.3 is 50.5 Å². The average Bonchev–Trinajstić information content (AvgIpc) is 4.09. The van der Waals surface area contributed by atoms with Gasteiger partial charge in [0.2, 0.25) is 11.6 Å². The van der Waals surface area contributed by atoms with Crippen LogP contribution in [0.2, 0.25) is 0 Å². The molecule has 7 aromatic rings. The minimum absolute atomic E-state index is 0.0373. The van der Waals surface area contributed by atoms with Crippen LogP contribution in [0.15, 0.2) is 97.1 Å². The first-order valence-corrected chi connectivity index (χ1v) is 19.7. The number of benzene rings is 4. The quantitative estimate of drug-likeness (QED) is 0.0525. The molecule has 3 aromatic heterocycles. The lowest BCUT2D eigenvalue weighted by atomic mass is 9.88. The molecule has 0 fully saturated rings. The third-order valence-electron chi connectivity index (χ3n) is 11.1. The molecule has 0 spiro atoms. The minimum atomic E-state index is -2.56. The van der Waals surface area contributed by atoms with Gasteiger partial charge in [-0.2, -0.15) is 8.78 Å². The van der Waals surface area contributed by atoms with Crippen molar-refractivity contribution in [2.24, 2.45) is 0 Å². The molecule has 1 unspecified atom stereocenters. The first-order chi connectivity index (χ1) is 30.7. The summed E-state index contributed by atoms with van der Waals surface area (Å²) in [6, 6.07) is 24.6. The number of H-pyrrole nitrogens is 2. The third-order valence-corrected chi connectivity index (χ3v) is 11.1. The number of fused-ring (bicyclic) bond motifs is 8. The van der Waals surface area contributed by atoms with Crippen molar-refractivity contribution in [1.82, 2.24) is 19.9 Å². The zero-order valence-corrected chi connectivity index (χ0v) is 33.4. The number of phenolic OH excluding ortho intramolecular Hbond substituents is 3. The number of nitrogens with one attached hydrogen (secondary N) is 2. The topological polar surface area (TPSA) is 208 Å². The van der Waals surface area contributed by atoms with E-state index in [1.807, 2.05) is 0 Å². The van der Waals surface area contributed by atoms with Crippen molar-refractivity contribution in [2.75, 3.05) is 13.2 Å². The van der Waals surface area contributed by atoms with Crippen molar-refractivity contribution in [3.05, 3.63) is 143 Å². The van der Waals surface area contributed by atoms with Crippen LogP contribution in [0, 0.1) is 23.3 Å². The monoisotopic (exact) mass is 872 g/mol. The van der Waals surface area contributed by atoms with Crippen molar-refractivity contribution < 1.29 is 58.0 Å². The molecular formula is C48H36F4N4O8. The van der Waals surface area contributed by atoms with E-state index in [0.29, 0.717) is 39.2 Å². The van der Waals surface area contributed by atoms with E-state index in [1.54, 1.807) is 60.7 Å². The van der Waals surface area contributed by atoms with Gasteiger partial charge in [-0.3, -0.25) is 4.98 Å². The maximum Gasteiger partial charge on any atom is 0.204 e. The predicted molar refractivity (Wildman–Crippen MR) is 230 cm³/mol. The summed E-state index contributed by atoms with van der Waals surface area (Å²) in [5.41, 5.74) is -2.07. The zero-order chi connectivity index (χ0) is 45.2. The number of hydrogen-bond acceptors (Lipinski definition) is 10. The van der Waals surface area contributed by atoms with Gasteiger partial charge in [-0.25, -0.2) is 13.8 Å². The molecule has 3 atom stereocenters. The van der Waals surface area contributed by atoms with Crippen LogP contribution >= 0.6 is 0 Å². The van der Waals surface area contributed by atoms with Crippen LogP contribution in [0.4, 0.5) is 17.6 Å². The smallest absolute Gasteiger partial charge is 0.204 e. The van der Waals surface area contributed by atoms with E-state index < -0.39 is 76.9 Å². The lowest BCUT2D eigenvalue weighted by Gasteiger charge is -2.24. The Morgan fingerprint density at radius 3 is 1.52 bits per heavy atom. The van der Waals surface area contributed by atoms with Gasteiger partial charge in [0, 0.05) is 44.3 Å². The molecule has 9 rings (SSSR count). The fourth-order valence-corrected chi connectivity index (χ4v) is 8.09. The normalized spacial score (nSPS) is 16.3. The average molecular weight is 873 g/mol. The zero-order valence-electron chi connectivity index (χ0n) is 33.4. The third kappa shape index (κ3) is 7.07. The Kier molecular flexibility index (Phi) is 10.5. The molecule has 4 aromatic carbocycles. The molecule has 0 saturated heterocycles. The van der Waals surface area contributed by atoms with Gasteiger partial charge in [-0.1, -0.05) is 36.4 Å². The Morgan fingerprint density at radius 2 is 1.06 bits per heavy atom. The van der Waals surface area contributed by atoms with Crippen LogP contribution in [-0.4, -0.2) is 75.0 Å². The summed E-state index contributed by atoms with van der Waals surface area (Å²) in [4.78, 5) is 16.1. The first kappa shape index (κ1) is 41.8. The Morgan fingerprint density at radius 1 is 0.625 bits per heavy atom. The standard InChI is InChI=1S/C48H36F4N4O8/c1-48(63)46-38(39-40(49)42(51)45(43(52)41(39)50)64-21-28(61)20-57)34-16-14-32(55-34)36(23-6-3-9-26(59)18-23)30-12-11-29(53-30)35(22-5-2-8-25(58)17-22)31-13-15-33(54-31)37(44(56-46)47(48)62)24-7-4-10-27(60)19-24/h2-19,28,47,54-55,57-63H,20-21H2,1H3/t28?,47-,48-/m1/s1. The van der Waals surface area contributed by atoms with Gasteiger partial charge in [-0.15, -0.1) is 0 Å². The van der Waals surface area contributed by atoms with Gasteiger partial charge in [0.1, 0.15) is 41.7 Å². The molecule has 9 N–H and O–H groups in total. The fourth-order valence-electron chi connectivity index (χ4n) is 8.09. The van der Waals surface area contributed by atoms with Gasteiger partial charge in [0.05, 0.1) is 34.9 Å². The summed E-state index contributed by atoms with van der Waals surface area (Å²) in [7, 11) is 0. The molecule has 0 radical (unpaired) electrons. The van der Waals surface area contributed by atoms with Gasteiger partial charge >= 0.3 is 0 Å². The molecule has 5 heterocycles. The number of rotatable bonds is 8. The second-order valence-corrected chi connectivity index (χ2v) is 15.4.